The Morgan fingerprint density at radius 1 is 1.10 bits per heavy atom. The summed E-state index contributed by atoms with van der Waals surface area (Å²) in [6.45, 7) is 0.589. The van der Waals surface area contributed by atoms with Crippen LogP contribution in [-0.4, -0.2) is 19.6 Å². The summed E-state index contributed by atoms with van der Waals surface area (Å²) in [7, 11) is 1.86. The lowest BCUT2D eigenvalue weighted by Crippen LogP contribution is -2.32. The van der Waals surface area contributed by atoms with E-state index in [4.69, 9.17) is 16.3 Å². The number of rotatable bonds is 4. The molecule has 6 heteroatoms. The van der Waals surface area contributed by atoms with Crippen LogP contribution in [0.1, 0.15) is 27.7 Å². The molecule has 1 amide bonds. The van der Waals surface area contributed by atoms with Crippen LogP contribution in [0.4, 0.5) is 5.69 Å². The summed E-state index contributed by atoms with van der Waals surface area (Å²) in [5, 5.41) is 8.19. The van der Waals surface area contributed by atoms with Crippen LogP contribution in [0.5, 0.6) is 5.75 Å². The number of para-hydroxylation sites is 1. The van der Waals surface area contributed by atoms with E-state index in [9.17, 15) is 4.79 Å². The number of ether oxygens (including phenoxy) is 1. The van der Waals surface area contributed by atoms with Gasteiger partial charge in [0.1, 0.15) is 10.6 Å². The molecule has 0 saturated heterocycles. The fourth-order valence-electron chi connectivity index (χ4n) is 4.13. The van der Waals surface area contributed by atoms with Crippen LogP contribution in [0.3, 0.4) is 0 Å². The number of hydrogen-bond acceptors (Lipinski definition) is 4. The van der Waals surface area contributed by atoms with E-state index in [0.29, 0.717) is 16.5 Å². The molecule has 0 fully saturated rings. The smallest absolute Gasteiger partial charge is 0.264 e. The number of amides is 1. The first-order chi connectivity index (χ1) is 15.2. The van der Waals surface area contributed by atoms with Crippen molar-refractivity contribution in [3.05, 3.63) is 82.2 Å². The minimum absolute atomic E-state index is 0.0697. The molecule has 0 spiro atoms. The molecule has 5 rings (SSSR count). The van der Waals surface area contributed by atoms with Gasteiger partial charge in [0.15, 0.2) is 0 Å². The van der Waals surface area contributed by atoms with Crippen molar-refractivity contribution in [1.29, 1.82) is 0 Å². The molecule has 4 aromatic rings. The Labute approximate surface area is 189 Å². The number of anilines is 1. The maximum absolute atomic E-state index is 13.4. The van der Waals surface area contributed by atoms with Crippen LogP contribution in [0.25, 0.3) is 21.2 Å². The fourth-order valence-corrected chi connectivity index (χ4v) is 5.56. The van der Waals surface area contributed by atoms with Crippen LogP contribution < -0.4 is 15.4 Å². The van der Waals surface area contributed by atoms with Crippen molar-refractivity contribution < 1.29 is 9.53 Å². The minimum atomic E-state index is -0.0794. The van der Waals surface area contributed by atoms with Gasteiger partial charge in [-0.2, -0.15) is 0 Å². The van der Waals surface area contributed by atoms with Crippen molar-refractivity contribution in [2.24, 2.45) is 0 Å². The van der Waals surface area contributed by atoms with Gasteiger partial charge in [-0.05, 0) is 29.3 Å². The molecular formula is C25H21ClN2O2S. The van der Waals surface area contributed by atoms with Gasteiger partial charge in [0, 0.05) is 34.1 Å². The Bertz CT molecular complexity index is 1280. The normalized spacial score (nSPS) is 15.2. The first kappa shape index (κ1) is 19.9. The number of carbonyl (C=O) groups excluding carboxylic acids is 1. The summed E-state index contributed by atoms with van der Waals surface area (Å²) in [6.07, 6.45) is 0.746. The van der Waals surface area contributed by atoms with Crippen molar-refractivity contribution in [3.63, 3.8) is 0 Å². The van der Waals surface area contributed by atoms with E-state index in [1.54, 1.807) is 0 Å². The predicted molar refractivity (Wildman–Crippen MR) is 129 cm³/mol. The van der Waals surface area contributed by atoms with E-state index in [0.717, 1.165) is 44.6 Å². The quantitative estimate of drug-likeness (QED) is 0.373. The Balaban J connectivity index is 1.55. The Morgan fingerprint density at radius 3 is 2.77 bits per heavy atom. The van der Waals surface area contributed by atoms with Gasteiger partial charge in [0.25, 0.3) is 5.91 Å². The number of fused-ring (bicyclic) bond motifs is 2. The summed E-state index contributed by atoms with van der Waals surface area (Å²) in [6, 6.07) is 21.8. The molecule has 1 aliphatic heterocycles. The molecule has 2 N–H and O–H groups in total. The molecule has 2 heterocycles. The zero-order valence-corrected chi connectivity index (χ0v) is 18.5. The highest BCUT2D eigenvalue weighted by molar-refractivity contribution is 7.22. The average molecular weight is 449 g/mol. The lowest BCUT2D eigenvalue weighted by Gasteiger charge is -2.26. The third-order valence-corrected chi connectivity index (χ3v) is 7.04. The largest absolute Gasteiger partial charge is 0.493 e. The highest BCUT2D eigenvalue weighted by Gasteiger charge is 2.26. The van der Waals surface area contributed by atoms with Crippen molar-refractivity contribution in [2.45, 2.75) is 12.5 Å². The van der Waals surface area contributed by atoms with Crippen LogP contribution in [0.15, 0.2) is 66.7 Å². The van der Waals surface area contributed by atoms with Crippen LogP contribution in [0, 0.1) is 0 Å². The van der Waals surface area contributed by atoms with E-state index in [-0.39, 0.29) is 11.9 Å². The van der Waals surface area contributed by atoms with E-state index >= 15 is 0 Å². The molecule has 0 unspecified atom stereocenters. The maximum Gasteiger partial charge on any atom is 0.264 e. The minimum Gasteiger partial charge on any atom is -0.493 e. The van der Waals surface area contributed by atoms with Crippen LogP contribution in [-0.2, 0) is 0 Å². The monoisotopic (exact) mass is 448 g/mol. The molecule has 0 saturated carbocycles. The van der Waals surface area contributed by atoms with Crippen molar-refractivity contribution in [3.8, 4) is 16.9 Å². The fraction of sp³-hybridized carbons (Fsp3) is 0.160. The maximum atomic E-state index is 13.4. The summed E-state index contributed by atoms with van der Waals surface area (Å²) < 4.78 is 6.80. The average Bonchev–Trinajstić information content (AvgIpc) is 3.18. The van der Waals surface area contributed by atoms with Crippen LogP contribution >= 0.6 is 22.9 Å². The number of nitrogens with one attached hydrogen (secondary N) is 2. The van der Waals surface area contributed by atoms with E-state index in [1.807, 2.05) is 67.7 Å². The summed E-state index contributed by atoms with van der Waals surface area (Å²) in [5.41, 5.74) is 3.97. The van der Waals surface area contributed by atoms with Gasteiger partial charge in [0.2, 0.25) is 0 Å². The van der Waals surface area contributed by atoms with E-state index in [2.05, 4.69) is 16.7 Å². The zero-order chi connectivity index (χ0) is 21.4. The molecule has 4 nitrogen and oxygen atoms in total. The van der Waals surface area contributed by atoms with Gasteiger partial charge in [-0.3, -0.25) is 4.79 Å². The summed E-state index contributed by atoms with van der Waals surface area (Å²) in [5.74, 6) is 0.761. The number of thiophene rings is 1. The van der Waals surface area contributed by atoms with Crippen LogP contribution in [0.2, 0.25) is 5.02 Å². The number of hydrogen-bond donors (Lipinski definition) is 2. The van der Waals surface area contributed by atoms with Gasteiger partial charge >= 0.3 is 0 Å². The first-order valence-electron chi connectivity index (χ1n) is 10.2. The van der Waals surface area contributed by atoms with Gasteiger partial charge in [-0.25, -0.2) is 0 Å². The second-order valence-corrected chi connectivity index (χ2v) is 8.91. The predicted octanol–water partition coefficient (Wildman–Crippen LogP) is 6.52. The van der Waals surface area contributed by atoms with Gasteiger partial charge in [-0.15, -0.1) is 11.3 Å². The van der Waals surface area contributed by atoms with Gasteiger partial charge < -0.3 is 15.4 Å². The van der Waals surface area contributed by atoms with E-state index in [1.165, 1.54) is 11.3 Å². The van der Waals surface area contributed by atoms with Gasteiger partial charge in [0.05, 0.1) is 18.3 Å². The SMILES string of the molecule is CNc1c(C(=O)N[C@H]2CCOc3ccccc32)sc2c(-c3cccc(Cl)c3)cccc12. The topological polar surface area (TPSA) is 50.4 Å². The number of carbonyl (C=O) groups is 1. The lowest BCUT2D eigenvalue weighted by atomic mass is 10.0. The molecular weight excluding hydrogens is 428 g/mol. The molecule has 31 heavy (non-hydrogen) atoms. The van der Waals surface area contributed by atoms with Gasteiger partial charge in [-0.1, -0.05) is 60.1 Å². The third-order valence-electron chi connectivity index (χ3n) is 5.57. The third kappa shape index (κ3) is 3.64. The summed E-state index contributed by atoms with van der Waals surface area (Å²) in [4.78, 5) is 14.0. The molecule has 1 aliphatic rings. The molecule has 3 aromatic carbocycles. The number of benzene rings is 3. The molecule has 1 atom stereocenters. The summed E-state index contributed by atoms with van der Waals surface area (Å²) >= 11 is 7.73. The first-order valence-corrected chi connectivity index (χ1v) is 11.4. The Hall–Kier alpha value is -3.02. The van der Waals surface area contributed by atoms with Crippen molar-refractivity contribution in [1.82, 2.24) is 5.32 Å². The molecule has 156 valence electrons. The Kier molecular flexibility index (Phi) is 5.30. The highest BCUT2D eigenvalue weighted by Crippen LogP contribution is 2.42. The lowest BCUT2D eigenvalue weighted by molar-refractivity contribution is 0.0929. The van der Waals surface area contributed by atoms with E-state index < -0.39 is 0 Å². The van der Waals surface area contributed by atoms with Crippen molar-refractivity contribution >= 4 is 44.6 Å². The standard InChI is InChI=1S/C25H21ClN2O2S/c1-27-22-19-10-5-9-17(15-6-4-7-16(26)14-15)23(19)31-24(22)25(29)28-20-12-13-30-21-11-3-2-8-18(20)21/h2-11,14,20,27H,12-13H2,1H3,(H,28,29)/t20-/m0/s1. The molecule has 0 radical (unpaired) electrons. The molecule has 1 aromatic heterocycles. The second-order valence-electron chi connectivity index (χ2n) is 7.45. The Morgan fingerprint density at radius 2 is 1.94 bits per heavy atom. The molecule has 0 bridgehead atoms. The second kappa shape index (κ2) is 8.25. The number of halogens is 1. The molecule has 0 aliphatic carbocycles. The highest BCUT2D eigenvalue weighted by atomic mass is 35.5. The zero-order valence-electron chi connectivity index (χ0n) is 16.9. The van der Waals surface area contributed by atoms with Crippen molar-refractivity contribution in [2.75, 3.05) is 19.0 Å².